The van der Waals surface area contributed by atoms with E-state index < -0.39 is 0 Å². The van der Waals surface area contributed by atoms with Gasteiger partial charge in [-0.25, -0.2) is 0 Å². The van der Waals surface area contributed by atoms with E-state index in [4.69, 9.17) is 0 Å². The van der Waals surface area contributed by atoms with E-state index in [1.807, 2.05) is 0 Å². The van der Waals surface area contributed by atoms with Crippen molar-refractivity contribution in [2.45, 2.75) is 45.1 Å². The number of nitrogens with zero attached hydrogens (tertiary/aromatic N) is 1. The summed E-state index contributed by atoms with van der Waals surface area (Å²) in [5.41, 5.74) is 0. The predicted octanol–water partition coefficient (Wildman–Crippen LogP) is 2.83. The average molecular weight is 179 g/mol. The molecule has 1 aliphatic carbocycles. The van der Waals surface area contributed by atoms with Crippen LogP contribution in [0, 0.1) is 5.92 Å². The van der Waals surface area contributed by atoms with Crippen molar-refractivity contribution >= 4 is 0 Å². The summed E-state index contributed by atoms with van der Waals surface area (Å²) in [5, 5.41) is 0. The first kappa shape index (κ1) is 9.26. The fourth-order valence-corrected chi connectivity index (χ4v) is 2.62. The lowest BCUT2D eigenvalue weighted by Gasteiger charge is -2.27. The fourth-order valence-electron chi connectivity index (χ4n) is 2.62. The second-order valence-corrected chi connectivity index (χ2v) is 4.64. The first-order chi connectivity index (χ1) is 6.36. The van der Waals surface area contributed by atoms with Gasteiger partial charge in [-0.05, 0) is 51.5 Å². The summed E-state index contributed by atoms with van der Waals surface area (Å²) < 4.78 is 0. The molecule has 74 valence electrons. The molecule has 0 bridgehead atoms. The van der Waals surface area contributed by atoms with Gasteiger partial charge in [0.15, 0.2) is 0 Å². The molecule has 0 aromatic heterocycles. The average Bonchev–Trinajstić information content (AvgIpc) is 2.54. The highest BCUT2D eigenvalue weighted by Crippen LogP contribution is 2.23. The molecule has 0 radical (unpaired) electrons. The summed E-state index contributed by atoms with van der Waals surface area (Å²) in [6.45, 7) is 5.08. The molecular formula is C12H21N. The molecule has 0 spiro atoms. The van der Waals surface area contributed by atoms with Gasteiger partial charge < -0.3 is 4.90 Å². The van der Waals surface area contributed by atoms with Gasteiger partial charge >= 0.3 is 0 Å². The van der Waals surface area contributed by atoms with E-state index in [9.17, 15) is 0 Å². The largest absolute Gasteiger partial charge is 0.300 e. The van der Waals surface area contributed by atoms with Gasteiger partial charge in [-0.2, -0.15) is 0 Å². The van der Waals surface area contributed by atoms with Crippen molar-refractivity contribution in [3.8, 4) is 0 Å². The van der Waals surface area contributed by atoms with E-state index in [0.29, 0.717) is 0 Å². The van der Waals surface area contributed by atoms with Crippen molar-refractivity contribution in [1.82, 2.24) is 4.90 Å². The Morgan fingerprint density at radius 1 is 1.31 bits per heavy atom. The zero-order valence-corrected chi connectivity index (χ0v) is 8.71. The third-order valence-corrected chi connectivity index (χ3v) is 3.56. The lowest BCUT2D eigenvalue weighted by molar-refractivity contribution is 0.217. The quantitative estimate of drug-likeness (QED) is 0.589. The summed E-state index contributed by atoms with van der Waals surface area (Å²) in [6, 6.07) is 0.853. The van der Waals surface area contributed by atoms with Crippen LogP contribution in [0.5, 0.6) is 0 Å². The van der Waals surface area contributed by atoms with Crippen LogP contribution in [0.2, 0.25) is 0 Å². The molecule has 1 aliphatic heterocycles. The molecule has 0 amide bonds. The molecule has 1 fully saturated rings. The number of allylic oxidation sites excluding steroid dienone is 2. The van der Waals surface area contributed by atoms with Crippen molar-refractivity contribution in [1.29, 1.82) is 0 Å². The van der Waals surface area contributed by atoms with Gasteiger partial charge in [0.05, 0.1) is 0 Å². The summed E-state index contributed by atoms with van der Waals surface area (Å²) >= 11 is 0. The number of hydrogen-bond donors (Lipinski definition) is 0. The minimum Gasteiger partial charge on any atom is -0.300 e. The lowest BCUT2D eigenvalue weighted by atomic mass is 9.94. The smallest absolute Gasteiger partial charge is 0.00675 e. The SMILES string of the molecule is CC1CCCN1CC1CC=CCC1. The van der Waals surface area contributed by atoms with Crippen LogP contribution in [-0.2, 0) is 0 Å². The van der Waals surface area contributed by atoms with Crippen LogP contribution in [0.1, 0.15) is 39.0 Å². The van der Waals surface area contributed by atoms with Crippen molar-refractivity contribution in [3.63, 3.8) is 0 Å². The van der Waals surface area contributed by atoms with Gasteiger partial charge in [-0.3, -0.25) is 0 Å². The maximum absolute atomic E-state index is 2.68. The van der Waals surface area contributed by atoms with Crippen LogP contribution in [0.25, 0.3) is 0 Å². The van der Waals surface area contributed by atoms with Crippen LogP contribution < -0.4 is 0 Å². The molecule has 13 heavy (non-hydrogen) atoms. The van der Waals surface area contributed by atoms with Crippen LogP contribution in [0.4, 0.5) is 0 Å². The van der Waals surface area contributed by atoms with Gasteiger partial charge in [0.25, 0.3) is 0 Å². The Kier molecular flexibility index (Phi) is 3.05. The summed E-state index contributed by atoms with van der Waals surface area (Å²) in [4.78, 5) is 2.68. The normalized spacial score (nSPS) is 35.5. The van der Waals surface area contributed by atoms with E-state index in [1.165, 1.54) is 45.2 Å². The van der Waals surface area contributed by atoms with E-state index in [1.54, 1.807) is 0 Å². The molecule has 1 heteroatoms. The molecule has 1 heterocycles. The first-order valence-electron chi connectivity index (χ1n) is 5.75. The van der Waals surface area contributed by atoms with Crippen LogP contribution in [0.15, 0.2) is 12.2 Å². The van der Waals surface area contributed by atoms with Crippen LogP contribution in [0.3, 0.4) is 0 Å². The van der Waals surface area contributed by atoms with E-state index in [2.05, 4.69) is 24.0 Å². The number of hydrogen-bond acceptors (Lipinski definition) is 1. The van der Waals surface area contributed by atoms with Crippen LogP contribution >= 0.6 is 0 Å². The van der Waals surface area contributed by atoms with Crippen molar-refractivity contribution < 1.29 is 0 Å². The Bertz CT molecular complexity index is 186. The molecule has 1 saturated heterocycles. The molecule has 0 aromatic carbocycles. The van der Waals surface area contributed by atoms with Crippen molar-refractivity contribution in [2.75, 3.05) is 13.1 Å². The maximum Gasteiger partial charge on any atom is 0.00675 e. The molecular weight excluding hydrogens is 158 g/mol. The predicted molar refractivity (Wildman–Crippen MR) is 56.8 cm³/mol. The van der Waals surface area contributed by atoms with E-state index >= 15 is 0 Å². The number of rotatable bonds is 2. The van der Waals surface area contributed by atoms with Gasteiger partial charge in [0.2, 0.25) is 0 Å². The minimum absolute atomic E-state index is 0.853. The second kappa shape index (κ2) is 4.28. The Morgan fingerprint density at radius 2 is 2.23 bits per heavy atom. The topological polar surface area (TPSA) is 3.24 Å². The summed E-state index contributed by atoms with van der Waals surface area (Å²) in [5.74, 6) is 0.950. The Morgan fingerprint density at radius 3 is 2.85 bits per heavy atom. The van der Waals surface area contributed by atoms with E-state index in [-0.39, 0.29) is 0 Å². The molecule has 0 N–H and O–H groups in total. The van der Waals surface area contributed by atoms with E-state index in [0.717, 1.165) is 12.0 Å². The summed E-state index contributed by atoms with van der Waals surface area (Å²) in [6.07, 6.45) is 11.6. The Hall–Kier alpha value is -0.300. The minimum atomic E-state index is 0.853. The molecule has 2 atom stereocenters. The van der Waals surface area contributed by atoms with Gasteiger partial charge in [-0.1, -0.05) is 12.2 Å². The third kappa shape index (κ3) is 2.34. The van der Waals surface area contributed by atoms with Crippen molar-refractivity contribution in [2.24, 2.45) is 5.92 Å². The Balaban J connectivity index is 1.79. The molecule has 2 aliphatic rings. The number of likely N-dealkylation sites (tertiary alicyclic amines) is 1. The second-order valence-electron chi connectivity index (χ2n) is 4.64. The standard InChI is InChI=1S/C12H21N/c1-11-6-5-9-13(11)10-12-7-3-2-4-8-12/h2-3,11-12H,4-10H2,1H3. The zero-order valence-electron chi connectivity index (χ0n) is 8.71. The Labute approximate surface area is 81.8 Å². The molecule has 2 unspecified atom stereocenters. The lowest BCUT2D eigenvalue weighted by Crippen LogP contribution is -2.32. The monoisotopic (exact) mass is 179 g/mol. The highest BCUT2D eigenvalue weighted by Gasteiger charge is 2.23. The zero-order chi connectivity index (χ0) is 9.10. The molecule has 0 aromatic rings. The highest BCUT2D eigenvalue weighted by molar-refractivity contribution is 4.91. The van der Waals surface area contributed by atoms with Crippen molar-refractivity contribution in [3.05, 3.63) is 12.2 Å². The third-order valence-electron chi connectivity index (χ3n) is 3.56. The molecule has 2 rings (SSSR count). The summed E-state index contributed by atoms with van der Waals surface area (Å²) in [7, 11) is 0. The first-order valence-corrected chi connectivity index (χ1v) is 5.75. The van der Waals surface area contributed by atoms with Gasteiger partial charge in [0.1, 0.15) is 0 Å². The van der Waals surface area contributed by atoms with Crippen LogP contribution in [-0.4, -0.2) is 24.0 Å². The molecule has 0 saturated carbocycles. The van der Waals surface area contributed by atoms with Gasteiger partial charge in [-0.15, -0.1) is 0 Å². The molecule has 1 nitrogen and oxygen atoms in total. The maximum atomic E-state index is 2.68. The highest BCUT2D eigenvalue weighted by atomic mass is 15.2. The van der Waals surface area contributed by atoms with Gasteiger partial charge in [0, 0.05) is 12.6 Å². The fraction of sp³-hybridized carbons (Fsp3) is 0.833.